The third-order valence-corrected chi connectivity index (χ3v) is 4.54. The van der Waals surface area contributed by atoms with Gasteiger partial charge < -0.3 is 10.2 Å². The zero-order valence-corrected chi connectivity index (χ0v) is 17.8. The number of hydrogen-bond donors (Lipinski definition) is 1. The fraction of sp³-hybridized carbons (Fsp3) is 0.474. The van der Waals surface area contributed by atoms with Gasteiger partial charge >= 0.3 is 0 Å². The summed E-state index contributed by atoms with van der Waals surface area (Å²) in [5, 5.41) is 7.88. The van der Waals surface area contributed by atoms with Crippen LogP contribution in [0, 0.1) is 6.92 Å². The van der Waals surface area contributed by atoms with Crippen molar-refractivity contribution in [3.63, 3.8) is 0 Å². The molecule has 1 N–H and O–H groups in total. The molecule has 0 bridgehead atoms. The maximum Gasteiger partial charge on any atom is 0.194 e. The van der Waals surface area contributed by atoms with Crippen LogP contribution in [-0.4, -0.2) is 40.3 Å². The summed E-state index contributed by atoms with van der Waals surface area (Å²) in [4.78, 5) is 6.84. The first-order valence-electron chi connectivity index (χ1n) is 8.63. The van der Waals surface area contributed by atoms with Crippen molar-refractivity contribution in [3.8, 4) is 0 Å². The largest absolute Gasteiger partial charge is 0.353 e. The Kier molecular flexibility index (Phi) is 6.87. The average molecular weight is 453 g/mol. The molecule has 1 saturated carbocycles. The van der Waals surface area contributed by atoms with Crippen LogP contribution < -0.4 is 5.32 Å². The Balaban J connectivity index is 0.00000225. The fourth-order valence-corrected chi connectivity index (χ4v) is 3.20. The monoisotopic (exact) mass is 453 g/mol. The van der Waals surface area contributed by atoms with Crippen LogP contribution in [0.3, 0.4) is 0 Å². The Morgan fingerprint density at radius 3 is 2.80 bits per heavy atom. The third kappa shape index (κ3) is 4.96. The van der Waals surface area contributed by atoms with Crippen molar-refractivity contribution >= 4 is 29.9 Å². The summed E-state index contributed by atoms with van der Waals surface area (Å²) in [6.45, 7) is 5.86. The summed E-state index contributed by atoms with van der Waals surface area (Å²) >= 11 is 0. The fourth-order valence-electron chi connectivity index (χ4n) is 3.20. The van der Waals surface area contributed by atoms with E-state index in [0.717, 1.165) is 19.0 Å². The highest BCUT2D eigenvalue weighted by atomic mass is 127. The number of hydrogen-bond acceptors (Lipinski definition) is 2. The van der Waals surface area contributed by atoms with Gasteiger partial charge in [0.15, 0.2) is 5.96 Å². The first-order valence-corrected chi connectivity index (χ1v) is 8.63. The predicted molar refractivity (Wildman–Crippen MR) is 114 cm³/mol. The van der Waals surface area contributed by atoms with Gasteiger partial charge in [0.25, 0.3) is 0 Å². The molecule has 136 valence electrons. The van der Waals surface area contributed by atoms with Crippen molar-refractivity contribution in [2.75, 3.05) is 13.6 Å². The summed E-state index contributed by atoms with van der Waals surface area (Å²) in [7, 11) is 4.03. The zero-order chi connectivity index (χ0) is 17.1. The Morgan fingerprint density at radius 2 is 2.16 bits per heavy atom. The lowest BCUT2D eigenvalue weighted by molar-refractivity contribution is 0.474. The smallest absolute Gasteiger partial charge is 0.194 e. The number of aromatic nitrogens is 2. The van der Waals surface area contributed by atoms with E-state index >= 15 is 0 Å². The molecule has 1 aromatic heterocycles. The molecule has 2 unspecified atom stereocenters. The normalized spacial score (nSPS) is 19.3. The molecule has 6 heteroatoms. The first kappa shape index (κ1) is 19.8. The van der Waals surface area contributed by atoms with E-state index in [2.05, 4.69) is 65.5 Å². The van der Waals surface area contributed by atoms with Crippen molar-refractivity contribution in [1.82, 2.24) is 20.0 Å². The molecule has 0 amide bonds. The molecule has 0 spiro atoms. The average Bonchev–Trinajstić information content (AvgIpc) is 3.20. The second-order valence-electron chi connectivity index (χ2n) is 6.63. The lowest BCUT2D eigenvalue weighted by Gasteiger charge is -2.22. The van der Waals surface area contributed by atoms with E-state index in [1.165, 1.54) is 23.1 Å². The minimum Gasteiger partial charge on any atom is -0.353 e. The third-order valence-electron chi connectivity index (χ3n) is 4.54. The number of nitrogens with one attached hydrogen (secondary N) is 1. The minimum atomic E-state index is 0. The lowest BCUT2D eigenvalue weighted by Crippen LogP contribution is -2.40. The second-order valence-corrected chi connectivity index (χ2v) is 6.63. The molecule has 1 aliphatic rings. The Labute approximate surface area is 167 Å². The van der Waals surface area contributed by atoms with Crippen molar-refractivity contribution in [2.24, 2.45) is 12.0 Å². The first-order chi connectivity index (χ1) is 11.6. The molecule has 0 saturated heterocycles. The van der Waals surface area contributed by atoms with E-state index in [1.807, 2.05) is 24.1 Å². The summed E-state index contributed by atoms with van der Waals surface area (Å²) in [5.74, 6) is 1.57. The molecule has 1 aliphatic carbocycles. The number of halogens is 1. The van der Waals surface area contributed by atoms with Gasteiger partial charge in [0, 0.05) is 50.9 Å². The Morgan fingerprint density at radius 1 is 1.40 bits per heavy atom. The number of guanidine groups is 1. The van der Waals surface area contributed by atoms with E-state index < -0.39 is 0 Å². The van der Waals surface area contributed by atoms with E-state index in [-0.39, 0.29) is 24.0 Å². The Hall–Kier alpha value is -1.57. The van der Waals surface area contributed by atoms with Crippen LogP contribution in [0.15, 0.2) is 41.7 Å². The van der Waals surface area contributed by atoms with Crippen LogP contribution in [0.25, 0.3) is 0 Å². The van der Waals surface area contributed by atoms with Crippen LogP contribution in [0.2, 0.25) is 0 Å². The highest BCUT2D eigenvalue weighted by Gasteiger charge is 2.40. The van der Waals surface area contributed by atoms with Gasteiger partial charge in [-0.1, -0.05) is 24.3 Å². The van der Waals surface area contributed by atoms with E-state index in [4.69, 9.17) is 0 Å². The maximum absolute atomic E-state index is 4.66. The molecule has 0 aliphatic heterocycles. The van der Waals surface area contributed by atoms with Crippen molar-refractivity contribution in [3.05, 3.63) is 53.3 Å². The van der Waals surface area contributed by atoms with Crippen LogP contribution in [0.5, 0.6) is 0 Å². The van der Waals surface area contributed by atoms with E-state index in [9.17, 15) is 0 Å². The van der Waals surface area contributed by atoms with Gasteiger partial charge in [-0.2, -0.15) is 5.10 Å². The van der Waals surface area contributed by atoms with E-state index in [0.29, 0.717) is 12.0 Å². The van der Waals surface area contributed by atoms with Crippen LogP contribution >= 0.6 is 24.0 Å². The molecule has 25 heavy (non-hydrogen) atoms. The molecule has 2 atom stereocenters. The molecular weight excluding hydrogens is 425 g/mol. The van der Waals surface area contributed by atoms with Crippen molar-refractivity contribution in [1.29, 1.82) is 0 Å². The summed E-state index contributed by atoms with van der Waals surface area (Å²) in [5.41, 5.74) is 4.03. The molecule has 1 fully saturated rings. The van der Waals surface area contributed by atoms with Gasteiger partial charge in [-0.05, 0) is 31.4 Å². The molecule has 1 aromatic carbocycles. The zero-order valence-electron chi connectivity index (χ0n) is 15.4. The lowest BCUT2D eigenvalue weighted by atomic mass is 10.0. The van der Waals surface area contributed by atoms with Crippen molar-refractivity contribution < 1.29 is 0 Å². The van der Waals surface area contributed by atoms with E-state index in [1.54, 1.807) is 0 Å². The maximum atomic E-state index is 4.66. The topological polar surface area (TPSA) is 45.5 Å². The second kappa shape index (κ2) is 8.69. The quantitative estimate of drug-likeness (QED) is 0.430. The summed E-state index contributed by atoms with van der Waals surface area (Å²) in [6.07, 6.45) is 5.13. The van der Waals surface area contributed by atoms with Gasteiger partial charge in [0.2, 0.25) is 0 Å². The van der Waals surface area contributed by atoms with Crippen LogP contribution in [-0.2, 0) is 13.6 Å². The van der Waals surface area contributed by atoms with Gasteiger partial charge in [0.1, 0.15) is 0 Å². The number of rotatable bonds is 5. The number of aryl methyl sites for hydroxylation is 2. The Bertz CT molecular complexity index is 724. The van der Waals surface area contributed by atoms with Gasteiger partial charge in [-0.25, -0.2) is 0 Å². The molecule has 2 aromatic rings. The SMILES string of the molecule is CCN=C(NC1CC1c1ccccc1C)N(C)Cc1cnn(C)c1.I. The van der Waals surface area contributed by atoms with Gasteiger partial charge in [-0.3, -0.25) is 9.67 Å². The molecular formula is C19H28IN5. The van der Waals surface area contributed by atoms with Gasteiger partial charge in [0.05, 0.1) is 6.20 Å². The highest BCUT2D eigenvalue weighted by molar-refractivity contribution is 14.0. The van der Waals surface area contributed by atoms with Crippen LogP contribution in [0.1, 0.15) is 36.0 Å². The molecule has 1 heterocycles. The van der Waals surface area contributed by atoms with Crippen molar-refractivity contribution in [2.45, 2.75) is 38.8 Å². The summed E-state index contributed by atoms with van der Waals surface area (Å²) in [6, 6.07) is 9.16. The molecule has 5 nitrogen and oxygen atoms in total. The van der Waals surface area contributed by atoms with Gasteiger partial charge in [-0.15, -0.1) is 24.0 Å². The van der Waals surface area contributed by atoms with Crippen LogP contribution in [0.4, 0.5) is 0 Å². The highest BCUT2D eigenvalue weighted by Crippen LogP contribution is 2.42. The predicted octanol–water partition coefficient (Wildman–Crippen LogP) is 3.30. The number of aliphatic imine (C=N–C) groups is 1. The summed E-state index contributed by atoms with van der Waals surface area (Å²) < 4.78 is 1.84. The minimum absolute atomic E-state index is 0. The number of benzene rings is 1. The standard InChI is InChI=1S/C19H27N5.HI/c1-5-20-19(23(3)12-15-11-21-24(4)13-15)22-18-10-17(18)16-9-7-6-8-14(16)2;/h6-9,11,13,17-18H,5,10,12H2,1-4H3,(H,20,22);1H. The molecule has 3 rings (SSSR count). The molecule has 0 radical (unpaired) electrons. The number of nitrogens with zero attached hydrogens (tertiary/aromatic N) is 4.